The number of esters is 1. The molecule has 2 rings (SSSR count). The third-order valence-electron chi connectivity index (χ3n) is 4.41. The van der Waals surface area contributed by atoms with E-state index >= 15 is 0 Å². The lowest BCUT2D eigenvalue weighted by Crippen LogP contribution is -2.32. The molecule has 7 nitrogen and oxygen atoms in total. The summed E-state index contributed by atoms with van der Waals surface area (Å²) >= 11 is 1.40. The first-order valence-corrected chi connectivity index (χ1v) is 10.8. The van der Waals surface area contributed by atoms with Crippen molar-refractivity contribution in [3.63, 3.8) is 0 Å². The highest BCUT2D eigenvalue weighted by molar-refractivity contribution is 7.99. The van der Waals surface area contributed by atoms with Crippen LogP contribution in [0.25, 0.3) is 0 Å². The lowest BCUT2D eigenvalue weighted by Gasteiger charge is -2.13. The van der Waals surface area contributed by atoms with E-state index in [0.29, 0.717) is 25.9 Å². The summed E-state index contributed by atoms with van der Waals surface area (Å²) in [7, 11) is 0. The van der Waals surface area contributed by atoms with Crippen LogP contribution < -0.4 is 10.1 Å². The number of benzene rings is 1. The molecule has 2 unspecified atom stereocenters. The maximum atomic E-state index is 11.8. The van der Waals surface area contributed by atoms with Crippen LogP contribution in [0.3, 0.4) is 0 Å². The Hall–Kier alpha value is -2.87. The summed E-state index contributed by atoms with van der Waals surface area (Å²) in [5.74, 6) is 0.120. The summed E-state index contributed by atoms with van der Waals surface area (Å²) in [6.07, 6.45) is 4.80. The zero-order valence-electron chi connectivity index (χ0n) is 17.3. The topological polar surface area (TPSA) is 94.6 Å². The average molecular weight is 431 g/mol. The first kappa shape index (κ1) is 23.4. The molecule has 0 aliphatic carbocycles. The van der Waals surface area contributed by atoms with Crippen LogP contribution in [0, 0.1) is 0 Å². The lowest BCUT2D eigenvalue weighted by atomic mass is 10.1. The van der Waals surface area contributed by atoms with Crippen molar-refractivity contribution < 1.29 is 23.9 Å². The molecule has 0 bridgehead atoms. The van der Waals surface area contributed by atoms with Gasteiger partial charge in [-0.2, -0.15) is 11.8 Å². The van der Waals surface area contributed by atoms with E-state index in [-0.39, 0.29) is 23.2 Å². The van der Waals surface area contributed by atoms with Crippen molar-refractivity contribution in [3.8, 4) is 5.75 Å². The van der Waals surface area contributed by atoms with E-state index in [0.717, 1.165) is 22.6 Å². The molecule has 2 atom stereocenters. The monoisotopic (exact) mass is 430 g/mol. The van der Waals surface area contributed by atoms with Crippen LogP contribution in [-0.4, -0.2) is 41.4 Å². The number of hydrogen-bond acceptors (Lipinski definition) is 7. The van der Waals surface area contributed by atoms with Crippen molar-refractivity contribution in [2.24, 2.45) is 0 Å². The molecule has 1 heterocycles. The molecule has 0 fully saturated rings. The second-order valence-electron chi connectivity index (χ2n) is 6.63. The molecule has 1 aromatic heterocycles. The molecule has 30 heavy (non-hydrogen) atoms. The average Bonchev–Trinajstić information content (AvgIpc) is 2.73. The van der Waals surface area contributed by atoms with Crippen molar-refractivity contribution in [3.05, 3.63) is 59.4 Å². The van der Waals surface area contributed by atoms with Gasteiger partial charge >= 0.3 is 5.97 Å². The van der Waals surface area contributed by atoms with E-state index in [1.54, 1.807) is 13.1 Å². The lowest BCUT2D eigenvalue weighted by molar-refractivity contribution is -0.145. The fraction of sp³-hybridized carbons (Fsp3) is 0.364. The van der Waals surface area contributed by atoms with E-state index in [9.17, 15) is 14.4 Å². The number of nitrogens with zero attached hydrogens (tertiary/aromatic N) is 1. The van der Waals surface area contributed by atoms with Gasteiger partial charge in [-0.3, -0.25) is 24.7 Å². The smallest absolute Gasteiger partial charge is 0.303 e. The van der Waals surface area contributed by atoms with Crippen LogP contribution in [0.1, 0.15) is 36.8 Å². The molecule has 0 aliphatic rings. The van der Waals surface area contributed by atoms with Gasteiger partial charge in [0.05, 0.1) is 11.9 Å². The molecule has 8 heteroatoms. The minimum atomic E-state index is -0.325. The second-order valence-corrected chi connectivity index (χ2v) is 7.67. The number of rotatable bonds is 11. The van der Waals surface area contributed by atoms with Crippen molar-refractivity contribution in [2.45, 2.75) is 38.0 Å². The predicted octanol–water partition coefficient (Wildman–Crippen LogP) is 2.87. The SMILES string of the molecule is CSC(Cc1ccc(OCCc2ccc(C(C)OC(C)=O)cn2)cc1)C(=O)NC=O. The van der Waals surface area contributed by atoms with E-state index < -0.39 is 0 Å². The number of imide groups is 1. The highest BCUT2D eigenvalue weighted by atomic mass is 32.2. The molecular formula is C22H26N2O5S. The number of carbonyl (C=O) groups excluding carboxylic acids is 3. The standard InChI is InChI=1S/C22H26N2O5S/c1-15(29-16(2)26)18-6-7-19(23-13-18)10-11-28-20-8-4-17(5-9-20)12-21(30-3)22(27)24-14-25/h4-9,13-15,21H,10-12H2,1-3H3,(H,24,25,27). The van der Waals surface area contributed by atoms with Crippen LogP contribution in [0.2, 0.25) is 0 Å². The third kappa shape index (κ3) is 7.51. The highest BCUT2D eigenvalue weighted by Gasteiger charge is 2.17. The van der Waals surface area contributed by atoms with Crippen molar-refractivity contribution in [2.75, 3.05) is 12.9 Å². The number of nitrogens with one attached hydrogen (secondary N) is 1. The Labute approximate surface area is 180 Å². The zero-order valence-corrected chi connectivity index (χ0v) is 18.1. The van der Waals surface area contributed by atoms with Crippen LogP contribution >= 0.6 is 11.8 Å². The Kier molecular flexibility index (Phi) is 9.34. The number of amides is 2. The summed E-state index contributed by atoms with van der Waals surface area (Å²) < 4.78 is 10.9. The van der Waals surface area contributed by atoms with Gasteiger partial charge in [-0.15, -0.1) is 0 Å². The summed E-state index contributed by atoms with van der Waals surface area (Å²) in [6, 6.07) is 11.3. The first-order chi connectivity index (χ1) is 14.4. The largest absolute Gasteiger partial charge is 0.493 e. The van der Waals surface area contributed by atoms with E-state index in [2.05, 4.69) is 10.3 Å². The molecule has 0 saturated heterocycles. The molecule has 2 aromatic rings. The normalized spacial score (nSPS) is 12.5. The number of pyridine rings is 1. The first-order valence-electron chi connectivity index (χ1n) is 9.53. The summed E-state index contributed by atoms with van der Waals surface area (Å²) in [5, 5.41) is 1.88. The number of aromatic nitrogens is 1. The second kappa shape index (κ2) is 12.0. The minimum Gasteiger partial charge on any atom is -0.493 e. The Morgan fingerprint density at radius 2 is 1.93 bits per heavy atom. The van der Waals surface area contributed by atoms with Crippen molar-refractivity contribution >= 4 is 30.0 Å². The number of hydrogen-bond donors (Lipinski definition) is 1. The summed E-state index contributed by atoms with van der Waals surface area (Å²) in [5.41, 5.74) is 2.71. The quantitative estimate of drug-likeness (QED) is 0.433. The Morgan fingerprint density at radius 3 is 2.50 bits per heavy atom. The number of thioether (sulfide) groups is 1. The van der Waals surface area contributed by atoms with Gasteiger partial charge in [-0.25, -0.2) is 0 Å². The Balaban J connectivity index is 1.82. The Morgan fingerprint density at radius 1 is 1.20 bits per heavy atom. The Bertz CT molecular complexity index is 840. The van der Waals surface area contributed by atoms with Gasteiger partial charge in [0.25, 0.3) is 0 Å². The van der Waals surface area contributed by atoms with Crippen LogP contribution in [0.5, 0.6) is 5.75 Å². The van der Waals surface area contributed by atoms with Gasteiger partial charge in [-0.1, -0.05) is 18.2 Å². The maximum Gasteiger partial charge on any atom is 0.303 e. The molecule has 160 valence electrons. The maximum absolute atomic E-state index is 11.8. The van der Waals surface area contributed by atoms with Gasteiger partial charge in [0.1, 0.15) is 11.9 Å². The molecule has 1 N–H and O–H groups in total. The fourth-order valence-electron chi connectivity index (χ4n) is 2.78. The molecule has 0 aliphatic heterocycles. The number of carbonyl (C=O) groups is 3. The van der Waals surface area contributed by atoms with E-state index in [1.165, 1.54) is 18.7 Å². The predicted molar refractivity (Wildman–Crippen MR) is 115 cm³/mol. The molecule has 0 spiro atoms. The van der Waals surface area contributed by atoms with Crippen molar-refractivity contribution in [1.29, 1.82) is 0 Å². The molecule has 1 aromatic carbocycles. The number of ether oxygens (including phenoxy) is 2. The summed E-state index contributed by atoms with van der Waals surface area (Å²) in [4.78, 5) is 37.7. The van der Waals surface area contributed by atoms with Gasteiger partial charge < -0.3 is 9.47 Å². The van der Waals surface area contributed by atoms with Gasteiger partial charge in [-0.05, 0) is 43.4 Å². The van der Waals surface area contributed by atoms with Crippen LogP contribution in [0.4, 0.5) is 0 Å². The van der Waals surface area contributed by atoms with Gasteiger partial charge in [0.2, 0.25) is 12.3 Å². The third-order valence-corrected chi connectivity index (χ3v) is 5.36. The van der Waals surface area contributed by atoms with E-state index in [1.807, 2.05) is 42.7 Å². The molecular weight excluding hydrogens is 404 g/mol. The fourth-order valence-corrected chi connectivity index (χ4v) is 3.43. The van der Waals surface area contributed by atoms with Crippen LogP contribution in [0.15, 0.2) is 42.6 Å². The molecule has 0 radical (unpaired) electrons. The minimum absolute atomic E-state index is 0.293. The zero-order chi connectivity index (χ0) is 21.9. The van der Waals surface area contributed by atoms with Gasteiger partial charge in [0.15, 0.2) is 0 Å². The highest BCUT2D eigenvalue weighted by Crippen LogP contribution is 2.19. The van der Waals surface area contributed by atoms with Crippen LogP contribution in [-0.2, 0) is 32.0 Å². The van der Waals surface area contributed by atoms with Crippen molar-refractivity contribution in [1.82, 2.24) is 10.3 Å². The summed E-state index contributed by atoms with van der Waals surface area (Å²) in [6.45, 7) is 3.66. The molecule has 2 amide bonds. The van der Waals surface area contributed by atoms with Gasteiger partial charge in [0, 0.05) is 30.8 Å². The molecule has 0 saturated carbocycles. The van der Waals surface area contributed by atoms with E-state index in [4.69, 9.17) is 9.47 Å².